The maximum atomic E-state index is 11.4. The lowest BCUT2D eigenvalue weighted by molar-refractivity contribution is 0.0234. The van der Waals surface area contributed by atoms with Crippen LogP contribution in [0, 0.1) is 0 Å². The number of carbonyl (C=O) groups is 1. The van der Waals surface area contributed by atoms with Crippen LogP contribution in [0.4, 0.5) is 0 Å². The maximum Gasteiger partial charge on any atom is 0.224 e. The van der Waals surface area contributed by atoms with Gasteiger partial charge in [-0.2, -0.15) is 0 Å². The lowest BCUT2D eigenvalue weighted by Crippen LogP contribution is -2.26. The van der Waals surface area contributed by atoms with E-state index in [-0.39, 0.29) is 11.9 Å². The standard InChI is InChI=1S/C12H15NO3/c1-9(14)11-3-2-6-13-12(11)16-10-4-7-15-8-5-10/h2-3,6,10H,4-5,7-8H2,1H3. The first-order valence-corrected chi connectivity index (χ1v) is 5.47. The van der Waals surface area contributed by atoms with Gasteiger partial charge in [0.2, 0.25) is 5.88 Å². The van der Waals surface area contributed by atoms with Gasteiger partial charge in [-0.3, -0.25) is 4.79 Å². The van der Waals surface area contributed by atoms with Gasteiger partial charge in [0.25, 0.3) is 0 Å². The Morgan fingerprint density at radius 1 is 1.50 bits per heavy atom. The van der Waals surface area contributed by atoms with E-state index in [4.69, 9.17) is 9.47 Å². The Labute approximate surface area is 94.6 Å². The smallest absolute Gasteiger partial charge is 0.224 e. The minimum atomic E-state index is -0.0184. The molecule has 2 rings (SSSR count). The molecule has 0 atom stereocenters. The molecule has 0 spiro atoms. The first-order valence-electron chi connectivity index (χ1n) is 5.47. The predicted molar refractivity (Wildman–Crippen MR) is 58.7 cm³/mol. The van der Waals surface area contributed by atoms with Gasteiger partial charge in [0.15, 0.2) is 5.78 Å². The van der Waals surface area contributed by atoms with E-state index in [0.717, 1.165) is 12.8 Å². The van der Waals surface area contributed by atoms with E-state index >= 15 is 0 Å². The molecular weight excluding hydrogens is 206 g/mol. The molecule has 1 aliphatic rings. The van der Waals surface area contributed by atoms with E-state index < -0.39 is 0 Å². The molecule has 0 aliphatic carbocycles. The zero-order valence-electron chi connectivity index (χ0n) is 9.31. The number of rotatable bonds is 3. The van der Waals surface area contributed by atoms with Crippen molar-refractivity contribution < 1.29 is 14.3 Å². The topological polar surface area (TPSA) is 48.4 Å². The van der Waals surface area contributed by atoms with Gasteiger partial charge in [-0.25, -0.2) is 4.98 Å². The van der Waals surface area contributed by atoms with Gasteiger partial charge >= 0.3 is 0 Å². The molecule has 2 heterocycles. The minimum Gasteiger partial charge on any atom is -0.474 e. The molecule has 1 saturated heterocycles. The average Bonchev–Trinajstić information content (AvgIpc) is 2.31. The Morgan fingerprint density at radius 2 is 2.25 bits per heavy atom. The molecule has 16 heavy (non-hydrogen) atoms. The van der Waals surface area contributed by atoms with Gasteiger partial charge in [-0.1, -0.05) is 0 Å². The molecule has 0 unspecified atom stereocenters. The number of ketones is 1. The van der Waals surface area contributed by atoms with Crippen LogP contribution in [0.5, 0.6) is 5.88 Å². The van der Waals surface area contributed by atoms with Crippen LogP contribution in [0.25, 0.3) is 0 Å². The molecule has 4 nitrogen and oxygen atoms in total. The number of nitrogens with zero attached hydrogens (tertiary/aromatic N) is 1. The minimum absolute atomic E-state index is 0.0184. The average molecular weight is 221 g/mol. The largest absolute Gasteiger partial charge is 0.474 e. The summed E-state index contributed by atoms with van der Waals surface area (Å²) >= 11 is 0. The van der Waals surface area contributed by atoms with E-state index in [1.807, 2.05) is 0 Å². The summed E-state index contributed by atoms with van der Waals surface area (Å²) in [6, 6.07) is 3.48. The number of ether oxygens (including phenoxy) is 2. The van der Waals surface area contributed by atoms with E-state index in [9.17, 15) is 4.79 Å². The summed E-state index contributed by atoms with van der Waals surface area (Å²) in [5.74, 6) is 0.428. The van der Waals surface area contributed by atoms with Crippen LogP contribution < -0.4 is 4.74 Å². The van der Waals surface area contributed by atoms with Crippen LogP contribution in [-0.4, -0.2) is 30.1 Å². The van der Waals surface area contributed by atoms with E-state index in [1.54, 1.807) is 18.3 Å². The van der Waals surface area contributed by atoms with E-state index in [0.29, 0.717) is 24.7 Å². The Morgan fingerprint density at radius 3 is 2.94 bits per heavy atom. The summed E-state index contributed by atoms with van der Waals surface area (Å²) in [5, 5.41) is 0. The third-order valence-electron chi connectivity index (χ3n) is 2.60. The van der Waals surface area contributed by atoms with Crippen LogP contribution in [0.2, 0.25) is 0 Å². The zero-order chi connectivity index (χ0) is 11.4. The Hall–Kier alpha value is -1.42. The van der Waals surface area contributed by atoms with Crippen LogP contribution >= 0.6 is 0 Å². The maximum absolute atomic E-state index is 11.4. The van der Waals surface area contributed by atoms with Crippen molar-refractivity contribution in [3.05, 3.63) is 23.9 Å². The molecule has 0 N–H and O–H groups in total. The molecule has 0 saturated carbocycles. The molecule has 1 aromatic heterocycles. The fourth-order valence-electron chi connectivity index (χ4n) is 1.70. The van der Waals surface area contributed by atoms with Crippen molar-refractivity contribution in [3.8, 4) is 5.88 Å². The summed E-state index contributed by atoms with van der Waals surface area (Å²) in [5.41, 5.74) is 0.550. The highest BCUT2D eigenvalue weighted by Crippen LogP contribution is 2.20. The fraction of sp³-hybridized carbons (Fsp3) is 0.500. The molecule has 86 valence electrons. The molecule has 1 aromatic rings. The summed E-state index contributed by atoms with van der Waals surface area (Å²) in [6.07, 6.45) is 3.46. The molecule has 1 aliphatic heterocycles. The molecule has 1 fully saturated rings. The lowest BCUT2D eigenvalue weighted by Gasteiger charge is -2.23. The van der Waals surface area contributed by atoms with Crippen LogP contribution in [0.15, 0.2) is 18.3 Å². The first-order chi connectivity index (χ1) is 7.77. The molecule has 0 radical (unpaired) electrons. The highest BCUT2D eigenvalue weighted by Gasteiger charge is 2.18. The summed E-state index contributed by atoms with van der Waals surface area (Å²) in [7, 11) is 0. The van der Waals surface area contributed by atoms with Gasteiger partial charge in [0.05, 0.1) is 18.8 Å². The van der Waals surface area contributed by atoms with Gasteiger partial charge in [-0.15, -0.1) is 0 Å². The lowest BCUT2D eigenvalue weighted by atomic mass is 10.1. The van der Waals surface area contributed by atoms with Gasteiger partial charge in [0, 0.05) is 19.0 Å². The van der Waals surface area contributed by atoms with E-state index in [2.05, 4.69) is 4.98 Å². The number of hydrogen-bond donors (Lipinski definition) is 0. The van der Waals surface area contributed by atoms with Crippen molar-refractivity contribution in [1.29, 1.82) is 0 Å². The molecular formula is C12H15NO3. The number of Topliss-reactive ketones (excluding diaryl/α,β-unsaturated/α-hetero) is 1. The summed E-state index contributed by atoms with van der Waals surface area (Å²) < 4.78 is 11.0. The molecule has 0 aromatic carbocycles. The van der Waals surface area contributed by atoms with Crippen LogP contribution in [0.3, 0.4) is 0 Å². The number of pyridine rings is 1. The predicted octanol–water partition coefficient (Wildman–Crippen LogP) is 1.84. The van der Waals surface area contributed by atoms with Gasteiger partial charge in [0.1, 0.15) is 6.10 Å². The quantitative estimate of drug-likeness (QED) is 0.731. The zero-order valence-corrected chi connectivity index (χ0v) is 9.31. The van der Waals surface area contributed by atoms with Crippen molar-refractivity contribution in [3.63, 3.8) is 0 Å². The highest BCUT2D eigenvalue weighted by atomic mass is 16.5. The van der Waals surface area contributed by atoms with E-state index in [1.165, 1.54) is 6.92 Å². The van der Waals surface area contributed by atoms with Crippen molar-refractivity contribution in [2.24, 2.45) is 0 Å². The second-order valence-electron chi connectivity index (χ2n) is 3.84. The third kappa shape index (κ3) is 2.58. The Balaban J connectivity index is 2.10. The molecule has 0 bridgehead atoms. The summed E-state index contributed by atoms with van der Waals surface area (Å²) in [6.45, 7) is 2.95. The fourth-order valence-corrected chi connectivity index (χ4v) is 1.70. The number of carbonyl (C=O) groups excluding carboxylic acids is 1. The summed E-state index contributed by atoms with van der Waals surface area (Å²) in [4.78, 5) is 15.5. The second kappa shape index (κ2) is 5.07. The first kappa shape index (κ1) is 11.1. The number of hydrogen-bond acceptors (Lipinski definition) is 4. The van der Waals surface area contributed by atoms with Crippen LogP contribution in [-0.2, 0) is 4.74 Å². The van der Waals surface area contributed by atoms with Gasteiger partial charge in [-0.05, 0) is 19.1 Å². The van der Waals surface area contributed by atoms with Crippen molar-refractivity contribution in [1.82, 2.24) is 4.98 Å². The Kier molecular flexibility index (Phi) is 3.51. The molecule has 0 amide bonds. The van der Waals surface area contributed by atoms with Crippen LogP contribution in [0.1, 0.15) is 30.1 Å². The monoisotopic (exact) mass is 221 g/mol. The number of aromatic nitrogens is 1. The molecule has 4 heteroatoms. The van der Waals surface area contributed by atoms with Crippen molar-refractivity contribution in [2.75, 3.05) is 13.2 Å². The second-order valence-corrected chi connectivity index (χ2v) is 3.84. The SMILES string of the molecule is CC(=O)c1cccnc1OC1CCOCC1. The normalized spacial score (nSPS) is 17.1. The van der Waals surface area contributed by atoms with Crippen molar-refractivity contribution in [2.45, 2.75) is 25.9 Å². The highest BCUT2D eigenvalue weighted by molar-refractivity contribution is 5.96. The Bertz CT molecular complexity index is 372. The van der Waals surface area contributed by atoms with Gasteiger partial charge < -0.3 is 9.47 Å². The third-order valence-corrected chi connectivity index (χ3v) is 2.60. The van der Waals surface area contributed by atoms with Crippen molar-refractivity contribution >= 4 is 5.78 Å².